The molecule has 0 spiro atoms. The highest BCUT2D eigenvalue weighted by Gasteiger charge is 2.16. The van der Waals surface area contributed by atoms with Gasteiger partial charge in [0.25, 0.3) is 0 Å². The molecule has 0 amide bonds. The number of imidazole rings is 1. The summed E-state index contributed by atoms with van der Waals surface area (Å²) in [6.45, 7) is 2.06. The first kappa shape index (κ1) is 13.3. The van der Waals surface area contributed by atoms with E-state index in [0.717, 1.165) is 16.6 Å². The summed E-state index contributed by atoms with van der Waals surface area (Å²) in [7, 11) is 0. The molecular formula is C15H13Cl2N3. The topological polar surface area (TPSA) is 43.8 Å². The molecule has 102 valence electrons. The van der Waals surface area contributed by atoms with Crippen LogP contribution in [0, 0.1) is 0 Å². The number of aromatic nitrogens is 2. The van der Waals surface area contributed by atoms with Crippen molar-refractivity contribution in [2.75, 3.05) is 5.73 Å². The number of benzene rings is 2. The van der Waals surface area contributed by atoms with Crippen LogP contribution in [0.1, 0.15) is 18.5 Å². The molecule has 0 fully saturated rings. The van der Waals surface area contributed by atoms with E-state index < -0.39 is 0 Å². The zero-order valence-electron chi connectivity index (χ0n) is 10.8. The first-order valence-corrected chi connectivity index (χ1v) is 7.00. The minimum absolute atomic E-state index is 0.0252. The predicted octanol–water partition coefficient (Wildman–Crippen LogP) is 4.53. The smallest absolute Gasteiger partial charge is 0.201 e. The molecule has 5 heteroatoms. The van der Waals surface area contributed by atoms with Crippen LogP contribution in [0.5, 0.6) is 0 Å². The van der Waals surface area contributed by atoms with Crippen molar-refractivity contribution in [1.82, 2.24) is 9.55 Å². The van der Waals surface area contributed by atoms with Crippen LogP contribution in [0.4, 0.5) is 5.95 Å². The molecule has 3 aromatic rings. The number of anilines is 1. The Morgan fingerprint density at radius 2 is 1.85 bits per heavy atom. The number of rotatable bonds is 2. The second-order valence-electron chi connectivity index (χ2n) is 4.70. The quantitative estimate of drug-likeness (QED) is 0.755. The van der Waals surface area contributed by atoms with Gasteiger partial charge >= 0.3 is 0 Å². The van der Waals surface area contributed by atoms with Crippen molar-refractivity contribution in [3.05, 3.63) is 58.1 Å². The Morgan fingerprint density at radius 3 is 2.60 bits per heavy atom. The van der Waals surface area contributed by atoms with Crippen molar-refractivity contribution >= 4 is 40.2 Å². The molecule has 0 aliphatic carbocycles. The van der Waals surface area contributed by atoms with Gasteiger partial charge in [-0.15, -0.1) is 0 Å². The Labute approximate surface area is 126 Å². The number of nitrogen functional groups attached to an aromatic ring is 1. The molecule has 3 nitrogen and oxygen atoms in total. The molecule has 0 saturated carbocycles. The second-order valence-corrected chi connectivity index (χ2v) is 5.58. The van der Waals surface area contributed by atoms with Gasteiger partial charge in [0.1, 0.15) is 0 Å². The summed E-state index contributed by atoms with van der Waals surface area (Å²) in [6.07, 6.45) is 0. The van der Waals surface area contributed by atoms with E-state index in [9.17, 15) is 0 Å². The molecule has 0 aliphatic rings. The van der Waals surface area contributed by atoms with E-state index in [4.69, 9.17) is 28.9 Å². The van der Waals surface area contributed by atoms with Crippen LogP contribution < -0.4 is 5.73 Å². The number of hydrogen-bond donors (Lipinski definition) is 1. The molecule has 2 N–H and O–H groups in total. The maximum atomic E-state index is 6.07. The monoisotopic (exact) mass is 305 g/mol. The molecule has 1 aromatic heterocycles. The average molecular weight is 306 g/mol. The van der Waals surface area contributed by atoms with Crippen LogP contribution in [-0.4, -0.2) is 9.55 Å². The highest BCUT2D eigenvalue weighted by molar-refractivity contribution is 6.31. The molecule has 2 aromatic carbocycles. The largest absolute Gasteiger partial charge is 0.369 e. The van der Waals surface area contributed by atoms with E-state index in [2.05, 4.69) is 11.9 Å². The van der Waals surface area contributed by atoms with Gasteiger partial charge in [-0.3, -0.25) is 0 Å². The molecule has 0 aliphatic heterocycles. The summed E-state index contributed by atoms with van der Waals surface area (Å²) in [6, 6.07) is 13.3. The van der Waals surface area contributed by atoms with Crippen molar-refractivity contribution in [3.8, 4) is 0 Å². The molecule has 1 atom stereocenters. The lowest BCUT2D eigenvalue weighted by molar-refractivity contribution is 0.668. The van der Waals surface area contributed by atoms with Gasteiger partial charge < -0.3 is 10.3 Å². The summed E-state index contributed by atoms with van der Waals surface area (Å²) in [5.41, 5.74) is 8.88. The van der Waals surface area contributed by atoms with E-state index in [0.29, 0.717) is 16.0 Å². The number of fused-ring (bicyclic) bond motifs is 1. The van der Waals surface area contributed by atoms with E-state index in [-0.39, 0.29) is 6.04 Å². The fourth-order valence-electron chi connectivity index (χ4n) is 2.41. The third-order valence-electron chi connectivity index (χ3n) is 3.40. The van der Waals surface area contributed by atoms with Crippen LogP contribution in [0.3, 0.4) is 0 Å². The van der Waals surface area contributed by atoms with E-state index in [1.165, 1.54) is 0 Å². The Hall–Kier alpha value is -1.71. The van der Waals surface area contributed by atoms with Gasteiger partial charge in [0.2, 0.25) is 5.95 Å². The Balaban J connectivity index is 2.18. The fourth-order valence-corrected chi connectivity index (χ4v) is 2.77. The maximum Gasteiger partial charge on any atom is 0.201 e. The Morgan fingerprint density at radius 1 is 1.10 bits per heavy atom. The molecule has 0 bridgehead atoms. The van der Waals surface area contributed by atoms with Crippen molar-refractivity contribution in [2.45, 2.75) is 13.0 Å². The Kier molecular flexibility index (Phi) is 3.32. The zero-order valence-corrected chi connectivity index (χ0v) is 12.4. The molecule has 1 heterocycles. The first-order chi connectivity index (χ1) is 9.56. The highest BCUT2D eigenvalue weighted by Crippen LogP contribution is 2.29. The van der Waals surface area contributed by atoms with Crippen molar-refractivity contribution in [1.29, 1.82) is 0 Å². The lowest BCUT2D eigenvalue weighted by Crippen LogP contribution is -2.10. The van der Waals surface area contributed by atoms with E-state index in [1.54, 1.807) is 0 Å². The van der Waals surface area contributed by atoms with Gasteiger partial charge in [0, 0.05) is 10.0 Å². The molecule has 20 heavy (non-hydrogen) atoms. The normalized spacial score (nSPS) is 12.8. The predicted molar refractivity (Wildman–Crippen MR) is 84.4 cm³/mol. The average Bonchev–Trinajstić information content (AvgIpc) is 2.73. The summed E-state index contributed by atoms with van der Waals surface area (Å²) in [5.74, 6) is 0.467. The van der Waals surface area contributed by atoms with Crippen LogP contribution in [0.15, 0.2) is 42.5 Å². The number of nitrogens with zero attached hydrogens (tertiary/aromatic N) is 2. The summed E-state index contributed by atoms with van der Waals surface area (Å²) in [5, 5.41) is 1.37. The minimum atomic E-state index is 0.0252. The van der Waals surface area contributed by atoms with Crippen molar-refractivity contribution in [3.63, 3.8) is 0 Å². The van der Waals surface area contributed by atoms with Crippen LogP contribution >= 0.6 is 23.2 Å². The van der Waals surface area contributed by atoms with Gasteiger partial charge in [-0.25, -0.2) is 4.98 Å². The SMILES string of the molecule is CC(c1cccc(Cl)c1)n1c(N)nc2ccc(Cl)cc21. The number of nitrogens with two attached hydrogens (primary N) is 1. The summed E-state index contributed by atoms with van der Waals surface area (Å²) in [4.78, 5) is 4.37. The van der Waals surface area contributed by atoms with Crippen molar-refractivity contribution < 1.29 is 0 Å². The van der Waals surface area contributed by atoms with Gasteiger partial charge in [-0.05, 0) is 42.8 Å². The lowest BCUT2D eigenvalue weighted by atomic mass is 10.1. The van der Waals surface area contributed by atoms with Gasteiger partial charge in [-0.2, -0.15) is 0 Å². The van der Waals surface area contributed by atoms with E-state index in [1.807, 2.05) is 47.0 Å². The van der Waals surface area contributed by atoms with E-state index >= 15 is 0 Å². The molecule has 0 saturated heterocycles. The van der Waals surface area contributed by atoms with Gasteiger partial charge in [0.05, 0.1) is 17.1 Å². The van der Waals surface area contributed by atoms with Crippen molar-refractivity contribution in [2.24, 2.45) is 0 Å². The van der Waals surface area contributed by atoms with Gasteiger partial charge in [0.15, 0.2) is 0 Å². The molecule has 1 unspecified atom stereocenters. The van der Waals surface area contributed by atoms with Crippen LogP contribution in [0.25, 0.3) is 11.0 Å². The highest BCUT2D eigenvalue weighted by atomic mass is 35.5. The van der Waals surface area contributed by atoms with Crippen LogP contribution in [-0.2, 0) is 0 Å². The summed E-state index contributed by atoms with van der Waals surface area (Å²) < 4.78 is 1.97. The standard InChI is InChI=1S/C15H13Cl2N3/c1-9(10-3-2-4-11(16)7-10)20-14-8-12(17)5-6-13(14)19-15(20)18/h2-9H,1H3,(H2,18,19). The molecule has 3 rings (SSSR count). The van der Waals surface area contributed by atoms with Crippen LogP contribution in [0.2, 0.25) is 10.0 Å². The second kappa shape index (κ2) is 5.00. The fraction of sp³-hybridized carbons (Fsp3) is 0.133. The zero-order chi connectivity index (χ0) is 14.3. The minimum Gasteiger partial charge on any atom is -0.369 e. The first-order valence-electron chi connectivity index (χ1n) is 6.24. The molecule has 0 radical (unpaired) electrons. The maximum absolute atomic E-state index is 6.07. The van der Waals surface area contributed by atoms with Gasteiger partial charge in [-0.1, -0.05) is 35.3 Å². The number of halogens is 2. The lowest BCUT2D eigenvalue weighted by Gasteiger charge is -2.16. The molecular weight excluding hydrogens is 293 g/mol. The third kappa shape index (κ3) is 2.23. The number of hydrogen-bond acceptors (Lipinski definition) is 2. The third-order valence-corrected chi connectivity index (χ3v) is 3.87. The Bertz CT molecular complexity index is 780. The summed E-state index contributed by atoms with van der Waals surface area (Å²) >= 11 is 12.1.